The van der Waals surface area contributed by atoms with Gasteiger partial charge in [0.2, 0.25) is 5.91 Å². The average Bonchev–Trinajstić information content (AvgIpc) is 3.03. The molecule has 180 valence electrons. The van der Waals surface area contributed by atoms with E-state index in [0.29, 0.717) is 46.4 Å². The van der Waals surface area contributed by atoms with E-state index in [1.54, 1.807) is 18.2 Å². The number of carbonyl (C=O) groups is 3. The molecule has 34 heavy (non-hydrogen) atoms. The van der Waals surface area contributed by atoms with Crippen LogP contribution in [0.2, 0.25) is 0 Å². The van der Waals surface area contributed by atoms with Crippen molar-refractivity contribution in [2.24, 2.45) is 0 Å². The Hall–Kier alpha value is -3.47. The highest BCUT2D eigenvalue weighted by Crippen LogP contribution is 2.35. The van der Waals surface area contributed by atoms with Gasteiger partial charge in [0.15, 0.2) is 29.0 Å². The molecule has 0 spiro atoms. The molecule has 3 rings (SSSR count). The third-order valence-electron chi connectivity index (χ3n) is 4.41. The number of hydrogen-bond acceptors (Lipinski definition) is 6. The van der Waals surface area contributed by atoms with Crippen molar-refractivity contribution in [3.8, 4) is 11.5 Å². The zero-order valence-electron chi connectivity index (χ0n) is 18.5. The predicted molar refractivity (Wildman–Crippen MR) is 121 cm³/mol. The van der Waals surface area contributed by atoms with Crippen LogP contribution in [0.15, 0.2) is 35.2 Å². The van der Waals surface area contributed by atoms with Crippen molar-refractivity contribution in [1.29, 1.82) is 0 Å². The van der Waals surface area contributed by atoms with Gasteiger partial charge in [0.25, 0.3) is 11.1 Å². The van der Waals surface area contributed by atoms with Gasteiger partial charge < -0.3 is 14.8 Å². The minimum atomic E-state index is -1.75. The summed E-state index contributed by atoms with van der Waals surface area (Å²) in [5, 5.41) is 1.32. The Bertz CT molecular complexity index is 1170. The fraction of sp³-hybridized carbons (Fsp3) is 0.261. The van der Waals surface area contributed by atoms with Crippen LogP contribution in [0.5, 0.6) is 11.5 Å². The summed E-state index contributed by atoms with van der Waals surface area (Å²) in [5.74, 6) is -5.43. The predicted octanol–water partition coefficient (Wildman–Crippen LogP) is 4.96. The van der Waals surface area contributed by atoms with Crippen LogP contribution in [0.4, 0.5) is 23.7 Å². The lowest BCUT2D eigenvalue weighted by Crippen LogP contribution is -2.36. The number of imide groups is 1. The van der Waals surface area contributed by atoms with Crippen LogP contribution in [0, 0.1) is 17.5 Å². The molecular formula is C23H21F3N2O5S. The Labute approximate surface area is 197 Å². The molecule has 0 radical (unpaired) electrons. The normalized spacial score (nSPS) is 14.8. The van der Waals surface area contributed by atoms with Gasteiger partial charge in [-0.25, -0.2) is 13.2 Å². The molecule has 1 heterocycles. The highest BCUT2D eigenvalue weighted by atomic mass is 32.2. The van der Waals surface area contributed by atoms with Crippen LogP contribution >= 0.6 is 11.8 Å². The SMILES string of the molecule is CCOc1cc(/C=C2/SC(=O)N(CC(=O)Nc3ccc(F)c(F)c3F)C2=O)ccc1OC(C)C. The molecule has 1 saturated heterocycles. The first-order chi connectivity index (χ1) is 16.1. The van der Waals surface area contributed by atoms with Crippen LogP contribution in [-0.4, -0.2) is 41.2 Å². The first-order valence-electron chi connectivity index (χ1n) is 10.2. The van der Waals surface area contributed by atoms with Gasteiger partial charge in [0, 0.05) is 0 Å². The van der Waals surface area contributed by atoms with Crippen molar-refractivity contribution < 1.29 is 37.0 Å². The van der Waals surface area contributed by atoms with Crippen LogP contribution in [0.25, 0.3) is 6.08 Å². The first kappa shape index (κ1) is 25.2. The van der Waals surface area contributed by atoms with E-state index in [1.165, 1.54) is 6.08 Å². The number of rotatable bonds is 8. The smallest absolute Gasteiger partial charge is 0.294 e. The number of nitrogens with zero attached hydrogens (tertiary/aromatic N) is 1. The van der Waals surface area contributed by atoms with Gasteiger partial charge in [-0.15, -0.1) is 0 Å². The summed E-state index contributed by atoms with van der Waals surface area (Å²) in [7, 11) is 0. The number of hydrogen-bond donors (Lipinski definition) is 1. The first-order valence-corrected chi connectivity index (χ1v) is 11.0. The summed E-state index contributed by atoms with van der Waals surface area (Å²) in [6.45, 7) is 5.22. The maximum Gasteiger partial charge on any atom is 0.294 e. The second kappa shape index (κ2) is 10.6. The molecular weight excluding hydrogens is 473 g/mol. The fourth-order valence-electron chi connectivity index (χ4n) is 2.98. The number of thioether (sulfide) groups is 1. The molecule has 0 bridgehead atoms. The van der Waals surface area contributed by atoms with E-state index in [0.717, 1.165) is 6.07 Å². The van der Waals surface area contributed by atoms with Crippen molar-refractivity contribution >= 4 is 40.6 Å². The lowest BCUT2D eigenvalue weighted by Gasteiger charge is -2.15. The highest BCUT2D eigenvalue weighted by Gasteiger charge is 2.36. The minimum absolute atomic E-state index is 0.0665. The quantitative estimate of drug-likeness (QED) is 0.412. The van der Waals surface area contributed by atoms with Crippen molar-refractivity contribution in [2.75, 3.05) is 18.5 Å². The molecule has 0 atom stereocenters. The second-order valence-electron chi connectivity index (χ2n) is 7.34. The van der Waals surface area contributed by atoms with E-state index in [-0.39, 0.29) is 11.0 Å². The number of nitrogens with one attached hydrogen (secondary N) is 1. The Morgan fingerprint density at radius 1 is 1.12 bits per heavy atom. The molecule has 7 nitrogen and oxygen atoms in total. The van der Waals surface area contributed by atoms with Crippen molar-refractivity contribution in [3.05, 3.63) is 58.3 Å². The molecule has 1 aliphatic rings. The Balaban J connectivity index is 1.74. The number of ether oxygens (including phenoxy) is 2. The van der Waals surface area contributed by atoms with Gasteiger partial charge >= 0.3 is 0 Å². The van der Waals surface area contributed by atoms with Gasteiger partial charge in [-0.3, -0.25) is 19.3 Å². The molecule has 0 aliphatic carbocycles. The van der Waals surface area contributed by atoms with Gasteiger partial charge in [0.05, 0.1) is 23.3 Å². The summed E-state index contributed by atoms with van der Waals surface area (Å²) in [6.07, 6.45) is 1.40. The molecule has 0 aromatic heterocycles. The fourth-order valence-corrected chi connectivity index (χ4v) is 3.82. The van der Waals surface area contributed by atoms with Crippen LogP contribution in [0.1, 0.15) is 26.3 Å². The van der Waals surface area contributed by atoms with Crippen molar-refractivity contribution in [2.45, 2.75) is 26.9 Å². The van der Waals surface area contributed by atoms with Gasteiger partial charge in [-0.1, -0.05) is 6.07 Å². The number of halogens is 3. The van der Waals surface area contributed by atoms with Crippen LogP contribution < -0.4 is 14.8 Å². The number of anilines is 1. The van der Waals surface area contributed by atoms with Gasteiger partial charge in [-0.2, -0.15) is 0 Å². The number of benzene rings is 2. The van der Waals surface area contributed by atoms with E-state index in [4.69, 9.17) is 9.47 Å². The summed E-state index contributed by atoms with van der Waals surface area (Å²) >= 11 is 0.629. The average molecular weight is 494 g/mol. The van der Waals surface area contributed by atoms with E-state index in [2.05, 4.69) is 0 Å². The highest BCUT2D eigenvalue weighted by molar-refractivity contribution is 8.18. The summed E-state index contributed by atoms with van der Waals surface area (Å²) < 4.78 is 51.4. The zero-order valence-corrected chi connectivity index (χ0v) is 19.3. The largest absolute Gasteiger partial charge is 0.490 e. The Morgan fingerprint density at radius 2 is 1.85 bits per heavy atom. The molecule has 11 heteroatoms. The van der Waals surface area contributed by atoms with E-state index in [9.17, 15) is 27.6 Å². The lowest BCUT2D eigenvalue weighted by molar-refractivity contribution is -0.127. The third kappa shape index (κ3) is 5.71. The van der Waals surface area contributed by atoms with Crippen LogP contribution in [-0.2, 0) is 9.59 Å². The maximum atomic E-state index is 13.8. The number of carbonyl (C=O) groups excluding carboxylic acids is 3. The number of amides is 3. The van der Waals surface area contributed by atoms with E-state index >= 15 is 0 Å². The molecule has 1 aliphatic heterocycles. The van der Waals surface area contributed by atoms with Crippen molar-refractivity contribution in [1.82, 2.24) is 4.90 Å². The standard InChI is InChI=1S/C23H21F3N2O5S/c1-4-32-17-9-13(5-8-16(17)33-12(2)3)10-18-22(30)28(23(31)34-18)11-19(29)27-15-7-6-14(24)20(25)21(15)26/h5-10,12H,4,11H2,1-3H3,(H,27,29)/b18-10+. The molecule has 1 fully saturated rings. The molecule has 0 unspecified atom stereocenters. The summed E-state index contributed by atoms with van der Waals surface area (Å²) in [5.41, 5.74) is -0.0445. The molecule has 0 saturated carbocycles. The summed E-state index contributed by atoms with van der Waals surface area (Å²) in [4.78, 5) is 37.9. The summed E-state index contributed by atoms with van der Waals surface area (Å²) in [6, 6.07) is 6.51. The molecule has 2 aromatic carbocycles. The lowest BCUT2D eigenvalue weighted by atomic mass is 10.1. The zero-order chi connectivity index (χ0) is 25.0. The van der Waals surface area contributed by atoms with Crippen LogP contribution in [0.3, 0.4) is 0 Å². The molecule has 1 N–H and O–H groups in total. The minimum Gasteiger partial charge on any atom is -0.490 e. The Morgan fingerprint density at radius 3 is 2.53 bits per heavy atom. The Kier molecular flexibility index (Phi) is 7.87. The second-order valence-corrected chi connectivity index (χ2v) is 8.34. The monoisotopic (exact) mass is 494 g/mol. The molecule has 3 amide bonds. The molecule has 2 aromatic rings. The van der Waals surface area contributed by atoms with E-state index in [1.807, 2.05) is 26.1 Å². The van der Waals surface area contributed by atoms with Crippen molar-refractivity contribution in [3.63, 3.8) is 0 Å². The van der Waals surface area contributed by atoms with Gasteiger partial charge in [0.1, 0.15) is 6.54 Å². The third-order valence-corrected chi connectivity index (χ3v) is 5.32. The van der Waals surface area contributed by atoms with E-state index < -0.39 is 46.7 Å². The topological polar surface area (TPSA) is 84.9 Å². The van der Waals surface area contributed by atoms with Gasteiger partial charge in [-0.05, 0) is 68.4 Å². The maximum absolute atomic E-state index is 13.8.